The van der Waals surface area contributed by atoms with Gasteiger partial charge in [0, 0.05) is 26.0 Å². The summed E-state index contributed by atoms with van der Waals surface area (Å²) < 4.78 is 4.86. The molecule has 7 heteroatoms. The van der Waals surface area contributed by atoms with E-state index in [0.29, 0.717) is 19.6 Å². The highest BCUT2D eigenvalue weighted by Crippen LogP contribution is 2.29. The number of carbonyl (C=O) groups is 3. The zero-order valence-corrected chi connectivity index (χ0v) is 14.8. The van der Waals surface area contributed by atoms with Gasteiger partial charge in [0.25, 0.3) is 0 Å². The number of hydrogen-bond acceptors (Lipinski definition) is 4. The van der Waals surface area contributed by atoms with Gasteiger partial charge in [0.15, 0.2) is 0 Å². The Morgan fingerprint density at radius 3 is 2.60 bits per heavy atom. The van der Waals surface area contributed by atoms with E-state index in [1.165, 1.54) is 7.11 Å². The lowest BCUT2D eigenvalue weighted by atomic mass is 9.82. The number of benzene rings is 1. The van der Waals surface area contributed by atoms with Gasteiger partial charge in [-0.15, -0.1) is 0 Å². The van der Waals surface area contributed by atoms with Gasteiger partial charge in [-0.2, -0.15) is 0 Å². The predicted molar refractivity (Wildman–Crippen MR) is 93.0 cm³/mol. The third-order valence-electron chi connectivity index (χ3n) is 3.95. The van der Waals surface area contributed by atoms with Gasteiger partial charge in [-0.1, -0.05) is 38.1 Å². The molecule has 0 radical (unpaired) electrons. The molecule has 0 aromatic heterocycles. The van der Waals surface area contributed by atoms with Crippen LogP contribution in [0.4, 0.5) is 0 Å². The van der Waals surface area contributed by atoms with Gasteiger partial charge >= 0.3 is 5.97 Å². The first-order valence-corrected chi connectivity index (χ1v) is 8.17. The monoisotopic (exact) mass is 350 g/mol. The van der Waals surface area contributed by atoms with Crippen LogP contribution >= 0.6 is 0 Å². The zero-order chi connectivity index (χ0) is 18.8. The molecule has 7 nitrogen and oxygen atoms in total. The van der Waals surface area contributed by atoms with E-state index in [1.807, 2.05) is 38.1 Å². The zero-order valence-electron chi connectivity index (χ0n) is 14.8. The van der Waals surface area contributed by atoms with E-state index < -0.39 is 12.0 Å². The largest absolute Gasteiger partial charge is 0.480 e. The van der Waals surface area contributed by atoms with Gasteiger partial charge in [0.05, 0.1) is 6.61 Å². The fourth-order valence-corrected chi connectivity index (χ4v) is 2.76. The first-order chi connectivity index (χ1) is 11.9. The molecule has 2 unspecified atom stereocenters. The number of methoxy groups -OCH3 is 1. The van der Waals surface area contributed by atoms with Crippen molar-refractivity contribution >= 4 is 18.3 Å². The average molecular weight is 350 g/mol. The van der Waals surface area contributed by atoms with E-state index in [1.54, 1.807) is 0 Å². The average Bonchev–Trinajstić information content (AvgIpc) is 2.57. The van der Waals surface area contributed by atoms with Gasteiger partial charge in [-0.25, -0.2) is 4.79 Å². The summed E-state index contributed by atoms with van der Waals surface area (Å²) in [5.74, 6) is -1.57. The Bertz CT molecular complexity index is 589. The van der Waals surface area contributed by atoms with Crippen LogP contribution < -0.4 is 10.6 Å². The van der Waals surface area contributed by atoms with Crippen molar-refractivity contribution in [2.75, 3.05) is 13.7 Å². The molecule has 3 N–H and O–H groups in total. The van der Waals surface area contributed by atoms with E-state index >= 15 is 0 Å². The Morgan fingerprint density at radius 2 is 2.04 bits per heavy atom. The SMILES string of the molecule is COCCC(=O)NCc1cccc(C(C(C)C)C(NC=O)C(=O)O)c1. The highest BCUT2D eigenvalue weighted by molar-refractivity contribution is 5.78. The van der Waals surface area contributed by atoms with Crippen LogP contribution in [0.1, 0.15) is 37.3 Å². The summed E-state index contributed by atoms with van der Waals surface area (Å²) in [6.45, 7) is 4.53. The molecule has 1 rings (SSSR count). The van der Waals surface area contributed by atoms with Crippen molar-refractivity contribution < 1.29 is 24.2 Å². The Balaban J connectivity index is 2.93. The number of aliphatic carboxylic acids is 1. The maximum atomic E-state index is 11.7. The van der Waals surface area contributed by atoms with Crippen molar-refractivity contribution in [2.24, 2.45) is 5.92 Å². The third kappa shape index (κ3) is 6.54. The van der Waals surface area contributed by atoms with Crippen molar-refractivity contribution in [2.45, 2.75) is 38.8 Å². The highest BCUT2D eigenvalue weighted by atomic mass is 16.5. The molecule has 2 amide bonds. The lowest BCUT2D eigenvalue weighted by molar-refractivity contribution is -0.141. The maximum Gasteiger partial charge on any atom is 0.326 e. The molecule has 0 aliphatic heterocycles. The van der Waals surface area contributed by atoms with E-state index in [0.717, 1.165) is 11.1 Å². The van der Waals surface area contributed by atoms with Crippen LogP contribution in [-0.2, 0) is 25.7 Å². The Hall–Kier alpha value is -2.41. The van der Waals surface area contributed by atoms with Crippen LogP contribution in [0.25, 0.3) is 0 Å². The predicted octanol–water partition coefficient (Wildman–Crippen LogP) is 1.28. The number of hydrogen-bond donors (Lipinski definition) is 3. The summed E-state index contributed by atoms with van der Waals surface area (Å²) >= 11 is 0. The minimum absolute atomic E-state index is 0.0000871. The lowest BCUT2D eigenvalue weighted by Crippen LogP contribution is -2.42. The number of ether oxygens (including phenoxy) is 1. The van der Waals surface area contributed by atoms with Gasteiger partial charge in [-0.05, 0) is 17.0 Å². The number of carbonyl (C=O) groups excluding carboxylic acids is 2. The molecule has 0 saturated heterocycles. The fourth-order valence-electron chi connectivity index (χ4n) is 2.76. The summed E-state index contributed by atoms with van der Waals surface area (Å²) in [5.41, 5.74) is 1.67. The van der Waals surface area contributed by atoms with Crippen molar-refractivity contribution in [1.29, 1.82) is 0 Å². The molecule has 0 bridgehead atoms. The molecule has 0 heterocycles. The normalized spacial score (nSPS) is 13.1. The second-order valence-corrected chi connectivity index (χ2v) is 6.13. The van der Waals surface area contributed by atoms with Crippen LogP contribution in [0.15, 0.2) is 24.3 Å². The number of amides is 2. The highest BCUT2D eigenvalue weighted by Gasteiger charge is 2.31. The molecular weight excluding hydrogens is 324 g/mol. The summed E-state index contributed by atoms with van der Waals surface area (Å²) in [5, 5.41) is 14.6. The van der Waals surface area contributed by atoms with Crippen molar-refractivity contribution in [3.05, 3.63) is 35.4 Å². The van der Waals surface area contributed by atoms with Crippen LogP contribution in [-0.4, -0.2) is 43.2 Å². The van der Waals surface area contributed by atoms with Crippen LogP contribution in [0, 0.1) is 5.92 Å². The van der Waals surface area contributed by atoms with E-state index in [9.17, 15) is 19.5 Å². The van der Waals surface area contributed by atoms with E-state index in [4.69, 9.17) is 4.74 Å². The van der Waals surface area contributed by atoms with Gasteiger partial charge in [-0.3, -0.25) is 9.59 Å². The third-order valence-corrected chi connectivity index (χ3v) is 3.95. The van der Waals surface area contributed by atoms with E-state index in [-0.39, 0.29) is 24.2 Å². The van der Waals surface area contributed by atoms with Crippen molar-refractivity contribution in [3.63, 3.8) is 0 Å². The minimum Gasteiger partial charge on any atom is -0.480 e. The van der Waals surface area contributed by atoms with Crippen LogP contribution in [0.5, 0.6) is 0 Å². The molecule has 0 aliphatic carbocycles. The standard InChI is InChI=1S/C18H26N2O5/c1-12(2)16(17(18(23)24)20-11-21)14-6-4-5-13(9-14)10-19-15(22)7-8-25-3/h4-6,9,11-12,16-17H,7-8,10H2,1-3H3,(H,19,22)(H,20,21)(H,23,24). The molecule has 0 fully saturated rings. The number of rotatable bonds is 11. The number of carboxylic acid groups (broad SMARTS) is 1. The Morgan fingerprint density at radius 1 is 1.32 bits per heavy atom. The molecule has 25 heavy (non-hydrogen) atoms. The topological polar surface area (TPSA) is 105 Å². The molecule has 0 aliphatic rings. The Kier molecular flexibility index (Phi) is 8.63. The molecule has 0 saturated carbocycles. The summed E-state index contributed by atoms with van der Waals surface area (Å²) in [4.78, 5) is 34.0. The minimum atomic E-state index is -1.08. The van der Waals surface area contributed by atoms with Gasteiger partial charge in [0.2, 0.25) is 12.3 Å². The van der Waals surface area contributed by atoms with Crippen molar-refractivity contribution in [3.8, 4) is 0 Å². The second-order valence-electron chi connectivity index (χ2n) is 6.13. The van der Waals surface area contributed by atoms with Gasteiger partial charge in [0.1, 0.15) is 6.04 Å². The van der Waals surface area contributed by atoms with E-state index in [2.05, 4.69) is 10.6 Å². The van der Waals surface area contributed by atoms with Crippen LogP contribution in [0.3, 0.4) is 0 Å². The smallest absolute Gasteiger partial charge is 0.326 e. The first kappa shape index (κ1) is 20.6. The first-order valence-electron chi connectivity index (χ1n) is 8.17. The molecule has 1 aromatic rings. The summed E-state index contributed by atoms with van der Waals surface area (Å²) in [6, 6.07) is 6.37. The number of nitrogens with one attached hydrogen (secondary N) is 2. The quantitative estimate of drug-likeness (QED) is 0.522. The molecule has 2 atom stereocenters. The van der Waals surface area contributed by atoms with Crippen LogP contribution in [0.2, 0.25) is 0 Å². The summed E-state index contributed by atoms with van der Waals surface area (Å²) in [6.07, 6.45) is 0.698. The van der Waals surface area contributed by atoms with Gasteiger partial charge < -0.3 is 20.5 Å². The number of carboxylic acids is 1. The second kappa shape index (κ2) is 10.5. The maximum absolute atomic E-state index is 11.7. The molecule has 138 valence electrons. The molecule has 0 spiro atoms. The lowest BCUT2D eigenvalue weighted by Gasteiger charge is -2.27. The fraction of sp³-hybridized carbons (Fsp3) is 0.500. The Labute approximate surface area is 147 Å². The molecule has 1 aromatic carbocycles. The summed E-state index contributed by atoms with van der Waals surface area (Å²) in [7, 11) is 1.54. The molecular formula is C18H26N2O5. The van der Waals surface area contributed by atoms with Crippen molar-refractivity contribution in [1.82, 2.24) is 10.6 Å².